The molecule has 122 valence electrons. The maximum absolute atomic E-state index is 11.4. The number of nitrogens with zero attached hydrogens (tertiary/aromatic N) is 2. The SMILES string of the molecule is COc1cc(Br)cc(/C=N\Nc2nc(C)c(C(C)=O)s2)c1OC. The number of halogens is 1. The van der Waals surface area contributed by atoms with Crippen LogP contribution in [0.1, 0.15) is 27.9 Å². The maximum atomic E-state index is 11.4. The van der Waals surface area contributed by atoms with E-state index >= 15 is 0 Å². The first-order valence-corrected chi connectivity index (χ1v) is 8.26. The van der Waals surface area contributed by atoms with Crippen molar-refractivity contribution in [2.45, 2.75) is 13.8 Å². The van der Waals surface area contributed by atoms with Crippen molar-refractivity contribution in [1.82, 2.24) is 4.98 Å². The number of Topliss-reactive ketones (excluding diaryl/α,β-unsaturated/α-hetero) is 1. The van der Waals surface area contributed by atoms with Crippen LogP contribution in [0.3, 0.4) is 0 Å². The molecule has 0 saturated carbocycles. The Hall–Kier alpha value is -1.93. The average molecular weight is 398 g/mol. The van der Waals surface area contributed by atoms with E-state index in [-0.39, 0.29) is 5.78 Å². The van der Waals surface area contributed by atoms with Gasteiger partial charge in [-0.1, -0.05) is 27.3 Å². The van der Waals surface area contributed by atoms with E-state index in [0.29, 0.717) is 27.2 Å². The van der Waals surface area contributed by atoms with Crippen molar-refractivity contribution < 1.29 is 14.3 Å². The fraction of sp³-hybridized carbons (Fsp3) is 0.267. The van der Waals surface area contributed by atoms with Crippen molar-refractivity contribution in [1.29, 1.82) is 0 Å². The van der Waals surface area contributed by atoms with Crippen molar-refractivity contribution in [2.75, 3.05) is 19.6 Å². The van der Waals surface area contributed by atoms with Crippen LogP contribution in [-0.2, 0) is 0 Å². The van der Waals surface area contributed by atoms with Gasteiger partial charge in [0.15, 0.2) is 17.3 Å². The van der Waals surface area contributed by atoms with Gasteiger partial charge in [-0.3, -0.25) is 10.2 Å². The number of aryl methyl sites for hydroxylation is 1. The number of nitrogens with one attached hydrogen (secondary N) is 1. The molecular formula is C15H16BrN3O3S. The molecule has 1 aromatic carbocycles. The monoisotopic (exact) mass is 397 g/mol. The number of hydrazone groups is 1. The van der Waals surface area contributed by atoms with Crippen LogP contribution in [0.2, 0.25) is 0 Å². The molecule has 0 aliphatic heterocycles. The normalized spacial score (nSPS) is 10.8. The lowest BCUT2D eigenvalue weighted by atomic mass is 10.2. The quantitative estimate of drug-likeness (QED) is 0.454. The number of methoxy groups -OCH3 is 2. The summed E-state index contributed by atoms with van der Waals surface area (Å²) in [7, 11) is 3.14. The number of ketones is 1. The van der Waals surface area contributed by atoms with Crippen LogP contribution in [-0.4, -0.2) is 31.2 Å². The minimum atomic E-state index is -0.00424. The van der Waals surface area contributed by atoms with E-state index in [2.05, 4.69) is 31.4 Å². The number of ether oxygens (including phenoxy) is 2. The molecule has 0 fully saturated rings. The molecule has 2 rings (SSSR count). The van der Waals surface area contributed by atoms with Crippen molar-refractivity contribution >= 4 is 44.4 Å². The Morgan fingerprint density at radius 2 is 2.13 bits per heavy atom. The van der Waals surface area contributed by atoms with E-state index in [1.807, 2.05) is 12.1 Å². The Kier molecular flexibility index (Phi) is 5.73. The molecule has 0 unspecified atom stereocenters. The number of rotatable bonds is 6. The Labute approximate surface area is 146 Å². The number of hydrogen-bond donors (Lipinski definition) is 1. The lowest BCUT2D eigenvalue weighted by Gasteiger charge is -2.10. The zero-order valence-corrected chi connectivity index (χ0v) is 15.5. The molecule has 0 saturated heterocycles. The Bertz CT molecular complexity index is 759. The van der Waals surface area contributed by atoms with E-state index in [1.165, 1.54) is 18.3 Å². The van der Waals surface area contributed by atoms with Gasteiger partial charge >= 0.3 is 0 Å². The van der Waals surface area contributed by atoms with Crippen LogP contribution in [0.4, 0.5) is 5.13 Å². The molecule has 2 aromatic rings. The van der Waals surface area contributed by atoms with Gasteiger partial charge in [0.2, 0.25) is 5.13 Å². The second-order valence-electron chi connectivity index (χ2n) is 4.59. The van der Waals surface area contributed by atoms with E-state index in [0.717, 1.165) is 10.0 Å². The van der Waals surface area contributed by atoms with Crippen LogP contribution < -0.4 is 14.9 Å². The highest BCUT2D eigenvalue weighted by Crippen LogP contribution is 2.33. The minimum absolute atomic E-state index is 0.00424. The number of anilines is 1. The Balaban J connectivity index is 2.22. The number of hydrogen-bond acceptors (Lipinski definition) is 7. The van der Waals surface area contributed by atoms with Crippen LogP contribution in [0, 0.1) is 6.92 Å². The minimum Gasteiger partial charge on any atom is -0.493 e. The van der Waals surface area contributed by atoms with E-state index < -0.39 is 0 Å². The van der Waals surface area contributed by atoms with Crippen molar-refractivity contribution in [3.8, 4) is 11.5 Å². The van der Waals surface area contributed by atoms with Gasteiger partial charge in [-0.05, 0) is 19.1 Å². The molecule has 1 N–H and O–H groups in total. The molecule has 1 aromatic heterocycles. The van der Waals surface area contributed by atoms with Crippen LogP contribution in [0.5, 0.6) is 11.5 Å². The molecule has 0 aliphatic rings. The molecular weight excluding hydrogens is 382 g/mol. The van der Waals surface area contributed by atoms with E-state index in [1.54, 1.807) is 27.4 Å². The first kappa shape index (κ1) is 17.4. The lowest BCUT2D eigenvalue weighted by molar-refractivity contribution is 0.102. The lowest BCUT2D eigenvalue weighted by Crippen LogP contribution is -1.97. The third-order valence-corrected chi connectivity index (χ3v) is 4.57. The summed E-state index contributed by atoms with van der Waals surface area (Å²) in [4.78, 5) is 16.3. The summed E-state index contributed by atoms with van der Waals surface area (Å²) in [5, 5.41) is 4.72. The number of carbonyl (C=O) groups is 1. The highest BCUT2D eigenvalue weighted by molar-refractivity contribution is 9.10. The van der Waals surface area contributed by atoms with Crippen LogP contribution >= 0.6 is 27.3 Å². The van der Waals surface area contributed by atoms with Crippen LogP contribution in [0.25, 0.3) is 0 Å². The summed E-state index contributed by atoms with van der Waals surface area (Å²) in [6, 6.07) is 3.67. The summed E-state index contributed by atoms with van der Waals surface area (Å²) in [5.74, 6) is 1.18. The molecule has 0 atom stereocenters. The third kappa shape index (κ3) is 4.08. The van der Waals surface area contributed by atoms with Crippen LogP contribution in [0.15, 0.2) is 21.7 Å². The highest BCUT2D eigenvalue weighted by atomic mass is 79.9. The second-order valence-corrected chi connectivity index (χ2v) is 6.51. The Morgan fingerprint density at radius 1 is 1.39 bits per heavy atom. The average Bonchev–Trinajstić information content (AvgIpc) is 2.87. The fourth-order valence-electron chi connectivity index (χ4n) is 1.98. The third-order valence-electron chi connectivity index (χ3n) is 2.95. The van der Waals surface area contributed by atoms with E-state index in [4.69, 9.17) is 9.47 Å². The van der Waals surface area contributed by atoms with Gasteiger partial charge in [-0.25, -0.2) is 4.98 Å². The zero-order valence-electron chi connectivity index (χ0n) is 13.1. The molecule has 0 amide bonds. The summed E-state index contributed by atoms with van der Waals surface area (Å²) in [6.45, 7) is 3.32. The van der Waals surface area contributed by atoms with Gasteiger partial charge in [0, 0.05) is 17.0 Å². The van der Waals surface area contributed by atoms with Crippen molar-refractivity contribution in [2.24, 2.45) is 5.10 Å². The predicted molar refractivity (Wildman–Crippen MR) is 95.3 cm³/mol. The topological polar surface area (TPSA) is 72.8 Å². The molecule has 8 heteroatoms. The highest BCUT2D eigenvalue weighted by Gasteiger charge is 2.12. The van der Waals surface area contributed by atoms with Crippen molar-refractivity contribution in [3.05, 3.63) is 32.7 Å². The zero-order chi connectivity index (χ0) is 17.0. The number of carbonyl (C=O) groups excluding carboxylic acids is 1. The molecule has 1 heterocycles. The van der Waals surface area contributed by atoms with E-state index in [9.17, 15) is 4.79 Å². The standard InChI is InChI=1S/C15H16BrN3O3S/c1-8-14(9(2)20)23-15(18-8)19-17-7-10-5-11(16)6-12(21-3)13(10)22-4/h5-7H,1-4H3,(H,18,19)/b17-7-. The largest absolute Gasteiger partial charge is 0.493 e. The molecule has 0 bridgehead atoms. The summed E-state index contributed by atoms with van der Waals surface area (Å²) >= 11 is 4.69. The smallest absolute Gasteiger partial charge is 0.204 e. The van der Waals surface area contributed by atoms with Gasteiger partial charge in [-0.2, -0.15) is 5.10 Å². The van der Waals surface area contributed by atoms with Gasteiger partial charge in [0.05, 0.1) is 31.0 Å². The maximum Gasteiger partial charge on any atom is 0.204 e. The van der Waals surface area contributed by atoms with Gasteiger partial charge in [-0.15, -0.1) is 0 Å². The summed E-state index contributed by atoms with van der Waals surface area (Å²) in [6.07, 6.45) is 1.61. The number of aromatic nitrogens is 1. The first-order chi connectivity index (χ1) is 11.0. The predicted octanol–water partition coefficient (Wildman–Crippen LogP) is 3.88. The van der Waals surface area contributed by atoms with Gasteiger partial charge < -0.3 is 9.47 Å². The molecule has 0 spiro atoms. The summed E-state index contributed by atoms with van der Waals surface area (Å²) in [5.41, 5.74) is 4.27. The number of benzene rings is 1. The number of thiazole rings is 1. The molecule has 0 aliphatic carbocycles. The molecule has 23 heavy (non-hydrogen) atoms. The van der Waals surface area contributed by atoms with Gasteiger partial charge in [0.25, 0.3) is 0 Å². The van der Waals surface area contributed by atoms with Gasteiger partial charge in [0.1, 0.15) is 0 Å². The summed E-state index contributed by atoms with van der Waals surface area (Å²) < 4.78 is 11.5. The second kappa shape index (κ2) is 7.56. The fourth-order valence-corrected chi connectivity index (χ4v) is 3.25. The Morgan fingerprint density at radius 3 is 2.70 bits per heavy atom. The molecule has 6 nitrogen and oxygen atoms in total. The first-order valence-electron chi connectivity index (χ1n) is 6.65. The molecule has 0 radical (unpaired) electrons. The van der Waals surface area contributed by atoms with Crippen molar-refractivity contribution in [3.63, 3.8) is 0 Å².